The molecule has 3 aromatic rings. The van der Waals surface area contributed by atoms with Crippen LogP contribution in [-0.4, -0.2) is 41.3 Å². The van der Waals surface area contributed by atoms with Crippen LogP contribution in [0.3, 0.4) is 0 Å². The molecule has 1 heterocycles. The molecule has 1 aliphatic heterocycles. The van der Waals surface area contributed by atoms with Crippen LogP contribution in [-0.2, 0) is 4.79 Å². The molecular weight excluding hydrogens is 443 g/mol. The zero-order chi connectivity index (χ0) is 22.9. The number of hydrogen-bond acceptors (Lipinski definition) is 3. The number of thiocarbonyl (C=S) groups is 1. The predicted octanol–water partition coefficient (Wildman–Crippen LogP) is 4.85. The quantitative estimate of drug-likeness (QED) is 0.193. The number of rotatable bonds is 9. The first-order chi connectivity index (χ1) is 16.2. The molecule has 0 unspecified atom stereocenters. The number of aliphatic imine (C=N–C) groups is 1. The summed E-state index contributed by atoms with van der Waals surface area (Å²) in [7, 11) is -1.82. The Bertz CT molecular complexity index is 988. The lowest BCUT2D eigenvalue weighted by atomic mass is 10.2. The standard InChI is InChI=1S/C28H30N2OPS/c31-28(30-20-19-24(22-30)29-23-33)18-10-11-21-32(25-12-4-1-5-13-25,26-14-6-2-7-15-26)27-16-8-3-9-17-27/h1-9,12-17,24H,10-11,18-22H2/q+1/t24-/m1/s1. The number of hydrogen-bond donors (Lipinski definition) is 0. The highest BCUT2D eigenvalue weighted by molar-refractivity contribution is 7.95. The normalized spacial score (nSPS) is 15.8. The van der Waals surface area contributed by atoms with Gasteiger partial charge in [-0.05, 0) is 67.9 Å². The van der Waals surface area contributed by atoms with Gasteiger partial charge in [0.2, 0.25) is 5.91 Å². The van der Waals surface area contributed by atoms with E-state index in [1.807, 2.05) is 4.90 Å². The van der Waals surface area contributed by atoms with E-state index in [-0.39, 0.29) is 11.9 Å². The zero-order valence-corrected chi connectivity index (χ0v) is 20.6. The molecule has 0 radical (unpaired) electrons. The second-order valence-corrected chi connectivity index (χ2v) is 12.3. The van der Waals surface area contributed by atoms with Crippen LogP contribution in [0.2, 0.25) is 0 Å². The predicted molar refractivity (Wildman–Crippen MR) is 144 cm³/mol. The van der Waals surface area contributed by atoms with Gasteiger partial charge < -0.3 is 4.90 Å². The number of unbranched alkanes of at least 4 members (excludes halogenated alkanes) is 1. The second kappa shape index (κ2) is 11.5. The minimum Gasteiger partial charge on any atom is -0.340 e. The molecule has 1 aliphatic rings. The fraction of sp³-hybridized carbons (Fsp3) is 0.286. The molecule has 4 rings (SSSR count). The van der Waals surface area contributed by atoms with Crippen LogP contribution in [0.5, 0.6) is 0 Å². The molecule has 0 N–H and O–H groups in total. The number of carbonyl (C=O) groups excluding carboxylic acids is 1. The Labute approximate surface area is 202 Å². The average Bonchev–Trinajstić information content (AvgIpc) is 3.35. The fourth-order valence-electron chi connectivity index (χ4n) is 4.81. The van der Waals surface area contributed by atoms with Crippen molar-refractivity contribution in [3.8, 4) is 0 Å². The van der Waals surface area contributed by atoms with E-state index in [9.17, 15) is 4.79 Å². The Hall–Kier alpha value is -2.64. The van der Waals surface area contributed by atoms with Crippen molar-refractivity contribution in [2.24, 2.45) is 4.99 Å². The molecule has 168 valence electrons. The number of benzene rings is 3. The first-order valence-corrected chi connectivity index (χ1v) is 14.0. The van der Waals surface area contributed by atoms with Gasteiger partial charge in [0.1, 0.15) is 23.2 Å². The third-order valence-electron chi connectivity index (χ3n) is 6.48. The molecule has 1 saturated heterocycles. The summed E-state index contributed by atoms with van der Waals surface area (Å²) >= 11 is 4.72. The monoisotopic (exact) mass is 473 g/mol. The third kappa shape index (κ3) is 5.47. The topological polar surface area (TPSA) is 32.7 Å². The Morgan fingerprint density at radius 2 is 1.39 bits per heavy atom. The van der Waals surface area contributed by atoms with Crippen LogP contribution in [0.15, 0.2) is 96.0 Å². The highest BCUT2D eigenvalue weighted by Crippen LogP contribution is 2.55. The third-order valence-corrected chi connectivity index (χ3v) is 11.1. The number of nitrogens with zero attached hydrogens (tertiary/aromatic N) is 2. The van der Waals surface area contributed by atoms with Crippen molar-refractivity contribution in [2.45, 2.75) is 31.7 Å². The minimum atomic E-state index is -1.82. The van der Waals surface area contributed by atoms with Crippen molar-refractivity contribution in [1.82, 2.24) is 4.90 Å². The van der Waals surface area contributed by atoms with Gasteiger partial charge in [0.15, 0.2) is 0 Å². The Balaban J connectivity index is 1.54. The van der Waals surface area contributed by atoms with Gasteiger partial charge in [-0.1, -0.05) is 54.6 Å². The summed E-state index contributed by atoms with van der Waals surface area (Å²) in [6.45, 7) is 1.45. The smallest absolute Gasteiger partial charge is 0.222 e. The minimum absolute atomic E-state index is 0.124. The van der Waals surface area contributed by atoms with Crippen LogP contribution in [0.4, 0.5) is 0 Å². The van der Waals surface area contributed by atoms with Crippen LogP contribution in [0.1, 0.15) is 25.7 Å². The molecule has 1 fully saturated rings. The maximum Gasteiger partial charge on any atom is 0.222 e. The van der Waals surface area contributed by atoms with Gasteiger partial charge in [0, 0.05) is 19.5 Å². The first kappa shape index (κ1) is 23.5. The van der Waals surface area contributed by atoms with E-state index in [2.05, 4.69) is 101 Å². The first-order valence-electron chi connectivity index (χ1n) is 11.6. The van der Waals surface area contributed by atoms with Gasteiger partial charge in [-0.25, -0.2) is 4.99 Å². The SMILES string of the molecule is O=C(CCCC[P+](c1ccccc1)(c1ccccc1)c1ccccc1)N1CC[C@@H](N=C=S)C1. The van der Waals surface area contributed by atoms with E-state index < -0.39 is 7.26 Å². The maximum absolute atomic E-state index is 12.8. The number of amides is 1. The molecular formula is C28H30N2OPS+. The summed E-state index contributed by atoms with van der Waals surface area (Å²) in [4.78, 5) is 18.9. The van der Waals surface area contributed by atoms with Gasteiger partial charge >= 0.3 is 0 Å². The summed E-state index contributed by atoms with van der Waals surface area (Å²) < 4.78 is 0. The summed E-state index contributed by atoms with van der Waals surface area (Å²) in [5.41, 5.74) is 0. The lowest BCUT2D eigenvalue weighted by Crippen LogP contribution is -2.33. The zero-order valence-electron chi connectivity index (χ0n) is 18.8. The maximum atomic E-state index is 12.8. The molecule has 0 spiro atoms. The molecule has 0 aromatic heterocycles. The van der Waals surface area contributed by atoms with E-state index in [1.54, 1.807) is 0 Å². The van der Waals surface area contributed by atoms with Gasteiger partial charge in [0.25, 0.3) is 0 Å². The van der Waals surface area contributed by atoms with Crippen LogP contribution >= 0.6 is 19.5 Å². The highest BCUT2D eigenvalue weighted by atomic mass is 32.1. The summed E-state index contributed by atoms with van der Waals surface area (Å²) in [5.74, 6) is 0.236. The van der Waals surface area contributed by atoms with E-state index >= 15 is 0 Å². The summed E-state index contributed by atoms with van der Waals surface area (Å²) in [6.07, 6.45) is 4.43. The molecule has 5 heteroatoms. The molecule has 3 aromatic carbocycles. The van der Waals surface area contributed by atoms with E-state index in [0.717, 1.165) is 32.0 Å². The highest BCUT2D eigenvalue weighted by Gasteiger charge is 2.44. The molecule has 0 aliphatic carbocycles. The Morgan fingerprint density at radius 1 is 0.879 bits per heavy atom. The van der Waals surface area contributed by atoms with Crippen molar-refractivity contribution in [1.29, 1.82) is 0 Å². The molecule has 1 atom stereocenters. The van der Waals surface area contributed by atoms with Crippen molar-refractivity contribution < 1.29 is 4.79 Å². The van der Waals surface area contributed by atoms with E-state index in [4.69, 9.17) is 12.2 Å². The molecule has 0 saturated carbocycles. The molecule has 3 nitrogen and oxygen atoms in total. The Kier molecular flexibility index (Phi) is 8.18. The summed E-state index contributed by atoms with van der Waals surface area (Å²) in [6, 6.07) is 32.9. The van der Waals surface area contributed by atoms with Crippen LogP contribution in [0.25, 0.3) is 0 Å². The molecule has 33 heavy (non-hydrogen) atoms. The van der Waals surface area contributed by atoms with Crippen molar-refractivity contribution in [3.63, 3.8) is 0 Å². The molecule has 1 amide bonds. The van der Waals surface area contributed by atoms with Crippen LogP contribution in [0, 0.1) is 0 Å². The van der Waals surface area contributed by atoms with Crippen molar-refractivity contribution in [2.75, 3.05) is 19.3 Å². The fourth-order valence-corrected chi connectivity index (χ4v) is 9.37. The molecule has 0 bridgehead atoms. The largest absolute Gasteiger partial charge is 0.340 e. The average molecular weight is 474 g/mol. The van der Waals surface area contributed by atoms with Crippen LogP contribution < -0.4 is 15.9 Å². The lowest BCUT2D eigenvalue weighted by Gasteiger charge is -2.27. The van der Waals surface area contributed by atoms with E-state index in [0.29, 0.717) is 13.0 Å². The Morgan fingerprint density at radius 3 is 1.88 bits per heavy atom. The number of carbonyl (C=O) groups is 1. The van der Waals surface area contributed by atoms with Crippen molar-refractivity contribution >= 4 is 46.5 Å². The number of likely N-dealkylation sites (tertiary alicyclic amines) is 1. The second-order valence-electron chi connectivity index (χ2n) is 8.50. The number of isothiocyanates is 1. The van der Waals surface area contributed by atoms with Crippen molar-refractivity contribution in [3.05, 3.63) is 91.0 Å². The van der Waals surface area contributed by atoms with Gasteiger partial charge in [-0.3, -0.25) is 4.79 Å². The van der Waals surface area contributed by atoms with Gasteiger partial charge in [-0.2, -0.15) is 0 Å². The van der Waals surface area contributed by atoms with Gasteiger partial charge in [-0.15, -0.1) is 0 Å². The summed E-state index contributed by atoms with van der Waals surface area (Å²) in [5, 5.41) is 6.65. The van der Waals surface area contributed by atoms with Gasteiger partial charge in [0.05, 0.1) is 17.4 Å². The van der Waals surface area contributed by atoms with E-state index in [1.165, 1.54) is 15.9 Å². The lowest BCUT2D eigenvalue weighted by molar-refractivity contribution is -0.130.